The van der Waals surface area contributed by atoms with E-state index in [-0.39, 0.29) is 35.5 Å². The SMILES string of the molecule is COC(=O)c1ccccc1-c1nc(Nc2cnn(C3CCNCC3)c2)ncc1C(F)(F)F.Cl. The molecule has 1 saturated heterocycles. The van der Waals surface area contributed by atoms with Crippen molar-refractivity contribution in [2.24, 2.45) is 0 Å². The van der Waals surface area contributed by atoms with Crippen molar-refractivity contribution in [3.05, 3.63) is 54.0 Å². The second-order valence-electron chi connectivity index (χ2n) is 7.31. The highest BCUT2D eigenvalue weighted by Crippen LogP contribution is 2.37. The van der Waals surface area contributed by atoms with Crippen LogP contribution in [-0.4, -0.2) is 45.9 Å². The predicted octanol–water partition coefficient (Wildman–Crippen LogP) is 4.24. The first-order chi connectivity index (χ1) is 15.4. The van der Waals surface area contributed by atoms with E-state index < -0.39 is 23.4 Å². The van der Waals surface area contributed by atoms with E-state index in [1.807, 2.05) is 4.68 Å². The molecule has 0 bridgehead atoms. The fourth-order valence-corrected chi connectivity index (χ4v) is 3.63. The van der Waals surface area contributed by atoms with Crippen molar-refractivity contribution in [3.8, 4) is 11.3 Å². The Morgan fingerprint density at radius 3 is 2.64 bits per heavy atom. The zero-order valence-corrected chi connectivity index (χ0v) is 18.4. The molecule has 0 spiro atoms. The number of carbonyl (C=O) groups excluding carboxylic acids is 1. The number of anilines is 2. The summed E-state index contributed by atoms with van der Waals surface area (Å²) in [6.07, 6.45) is 1.22. The molecule has 3 heterocycles. The molecule has 2 N–H and O–H groups in total. The van der Waals surface area contributed by atoms with Gasteiger partial charge in [-0.2, -0.15) is 18.3 Å². The largest absolute Gasteiger partial charge is 0.465 e. The number of alkyl halides is 3. The molecule has 2 aromatic heterocycles. The zero-order valence-electron chi connectivity index (χ0n) is 17.6. The topological polar surface area (TPSA) is 94.0 Å². The molecule has 1 aliphatic heterocycles. The summed E-state index contributed by atoms with van der Waals surface area (Å²) in [5.41, 5.74) is -0.937. The van der Waals surface area contributed by atoms with Gasteiger partial charge in [-0.3, -0.25) is 4.68 Å². The molecule has 1 fully saturated rings. The highest BCUT2D eigenvalue weighted by atomic mass is 35.5. The van der Waals surface area contributed by atoms with Crippen LogP contribution in [0.4, 0.5) is 24.8 Å². The molecule has 176 valence electrons. The lowest BCUT2D eigenvalue weighted by molar-refractivity contribution is -0.137. The average Bonchev–Trinajstić information content (AvgIpc) is 3.27. The summed E-state index contributed by atoms with van der Waals surface area (Å²) >= 11 is 0. The van der Waals surface area contributed by atoms with E-state index in [4.69, 9.17) is 4.74 Å². The number of benzene rings is 1. The first kappa shape index (κ1) is 24.5. The van der Waals surface area contributed by atoms with Gasteiger partial charge in [0.25, 0.3) is 0 Å². The molecule has 0 atom stereocenters. The van der Waals surface area contributed by atoms with E-state index in [2.05, 4.69) is 25.7 Å². The van der Waals surface area contributed by atoms with Gasteiger partial charge in [0.2, 0.25) is 5.95 Å². The van der Waals surface area contributed by atoms with Crippen LogP contribution in [0.25, 0.3) is 11.3 Å². The Morgan fingerprint density at radius 1 is 1.21 bits per heavy atom. The molecule has 0 unspecified atom stereocenters. The second-order valence-corrected chi connectivity index (χ2v) is 7.31. The van der Waals surface area contributed by atoms with Crippen molar-refractivity contribution >= 4 is 30.0 Å². The average molecular weight is 483 g/mol. The number of hydrogen-bond acceptors (Lipinski definition) is 7. The normalized spacial score (nSPS) is 14.4. The Bertz CT molecular complexity index is 1120. The minimum Gasteiger partial charge on any atom is -0.465 e. The molecule has 1 aliphatic rings. The highest BCUT2D eigenvalue weighted by Gasteiger charge is 2.36. The maximum Gasteiger partial charge on any atom is 0.419 e. The molecule has 4 rings (SSSR count). The molecule has 12 heteroatoms. The Hall–Kier alpha value is -3.18. The molecule has 8 nitrogen and oxygen atoms in total. The smallest absolute Gasteiger partial charge is 0.419 e. The summed E-state index contributed by atoms with van der Waals surface area (Å²) in [7, 11) is 1.16. The number of ether oxygens (including phenoxy) is 1. The number of halogens is 4. The highest BCUT2D eigenvalue weighted by molar-refractivity contribution is 5.97. The number of carbonyl (C=O) groups is 1. The molecular weight excluding hydrogens is 461 g/mol. The minimum absolute atomic E-state index is 0. The van der Waals surface area contributed by atoms with Crippen LogP contribution in [0.1, 0.15) is 34.8 Å². The van der Waals surface area contributed by atoms with Gasteiger partial charge in [-0.1, -0.05) is 18.2 Å². The Kier molecular flexibility index (Phi) is 7.54. The van der Waals surface area contributed by atoms with Crippen LogP contribution in [0.3, 0.4) is 0 Å². The third kappa shape index (κ3) is 5.42. The van der Waals surface area contributed by atoms with Crippen LogP contribution >= 0.6 is 12.4 Å². The summed E-state index contributed by atoms with van der Waals surface area (Å²) in [6, 6.07) is 6.10. The number of hydrogen-bond donors (Lipinski definition) is 2. The molecule has 0 aliphatic carbocycles. The number of methoxy groups -OCH3 is 1. The lowest BCUT2D eigenvalue weighted by Gasteiger charge is -2.22. The Morgan fingerprint density at radius 2 is 1.94 bits per heavy atom. The van der Waals surface area contributed by atoms with Gasteiger partial charge >= 0.3 is 12.1 Å². The van der Waals surface area contributed by atoms with E-state index in [9.17, 15) is 18.0 Å². The molecule has 3 aromatic rings. The molecular formula is C21H22ClF3N6O2. The molecule has 0 amide bonds. The van der Waals surface area contributed by atoms with Gasteiger partial charge in [0.1, 0.15) is 5.56 Å². The van der Waals surface area contributed by atoms with E-state index in [0.29, 0.717) is 11.9 Å². The summed E-state index contributed by atoms with van der Waals surface area (Å²) < 4.78 is 47.6. The third-order valence-corrected chi connectivity index (χ3v) is 5.22. The zero-order chi connectivity index (χ0) is 22.7. The summed E-state index contributed by atoms with van der Waals surface area (Å²) in [5, 5.41) is 10.5. The van der Waals surface area contributed by atoms with Crippen molar-refractivity contribution in [3.63, 3.8) is 0 Å². The fourth-order valence-electron chi connectivity index (χ4n) is 3.63. The van der Waals surface area contributed by atoms with Crippen molar-refractivity contribution in [1.29, 1.82) is 0 Å². The first-order valence-corrected chi connectivity index (χ1v) is 10.0. The third-order valence-electron chi connectivity index (χ3n) is 5.22. The van der Waals surface area contributed by atoms with Gasteiger partial charge in [0.15, 0.2) is 0 Å². The maximum atomic E-state index is 13.7. The number of aromatic nitrogens is 4. The lowest BCUT2D eigenvalue weighted by Crippen LogP contribution is -2.29. The molecule has 0 saturated carbocycles. The maximum absolute atomic E-state index is 13.7. The number of piperidine rings is 1. The summed E-state index contributed by atoms with van der Waals surface area (Å²) in [6.45, 7) is 1.80. The van der Waals surface area contributed by atoms with Crippen molar-refractivity contribution < 1.29 is 22.7 Å². The number of rotatable bonds is 5. The van der Waals surface area contributed by atoms with Gasteiger partial charge in [0.05, 0.1) is 36.3 Å². The van der Waals surface area contributed by atoms with Gasteiger partial charge in [-0.05, 0) is 32.0 Å². The van der Waals surface area contributed by atoms with E-state index in [1.54, 1.807) is 18.5 Å². The fraction of sp³-hybridized carbons (Fsp3) is 0.333. The van der Waals surface area contributed by atoms with E-state index >= 15 is 0 Å². The van der Waals surface area contributed by atoms with Crippen LogP contribution in [0.15, 0.2) is 42.9 Å². The first-order valence-electron chi connectivity index (χ1n) is 10.0. The van der Waals surface area contributed by atoms with Gasteiger partial charge in [-0.25, -0.2) is 14.8 Å². The van der Waals surface area contributed by atoms with Crippen molar-refractivity contribution in [2.45, 2.75) is 25.1 Å². The molecule has 0 radical (unpaired) electrons. The number of nitrogens with zero attached hydrogens (tertiary/aromatic N) is 4. The van der Waals surface area contributed by atoms with Crippen molar-refractivity contribution in [1.82, 2.24) is 25.1 Å². The second kappa shape index (κ2) is 10.2. The lowest BCUT2D eigenvalue weighted by atomic mass is 10.0. The molecule has 1 aromatic carbocycles. The van der Waals surface area contributed by atoms with Crippen LogP contribution in [0, 0.1) is 0 Å². The van der Waals surface area contributed by atoms with Gasteiger partial charge < -0.3 is 15.4 Å². The summed E-state index contributed by atoms with van der Waals surface area (Å²) in [5.74, 6) is -0.803. The Balaban J connectivity index is 0.00000306. The molecule has 33 heavy (non-hydrogen) atoms. The predicted molar refractivity (Wildman–Crippen MR) is 118 cm³/mol. The van der Waals surface area contributed by atoms with E-state index in [1.165, 1.54) is 18.2 Å². The van der Waals surface area contributed by atoms with Crippen molar-refractivity contribution in [2.75, 3.05) is 25.5 Å². The van der Waals surface area contributed by atoms with E-state index in [0.717, 1.165) is 33.0 Å². The van der Waals surface area contributed by atoms with Gasteiger partial charge in [0, 0.05) is 18.0 Å². The monoisotopic (exact) mass is 482 g/mol. The van der Waals surface area contributed by atoms with Crippen LogP contribution in [0.5, 0.6) is 0 Å². The van der Waals surface area contributed by atoms with Crippen LogP contribution in [0.2, 0.25) is 0 Å². The minimum atomic E-state index is -4.71. The number of nitrogens with one attached hydrogen (secondary N) is 2. The Labute approximate surface area is 194 Å². The van der Waals surface area contributed by atoms with Crippen LogP contribution < -0.4 is 10.6 Å². The standard InChI is InChI=1S/C21H21F3N6O2.ClH/c1-32-19(31)16-5-3-2-4-15(16)18-17(21(22,23)24)11-26-20(29-18)28-13-10-27-30(12-13)14-6-8-25-9-7-14;/h2-5,10-12,14,25H,6-9H2,1H3,(H,26,28,29);1H. The number of esters is 1. The summed E-state index contributed by atoms with van der Waals surface area (Å²) in [4.78, 5) is 20.1. The quantitative estimate of drug-likeness (QED) is 0.525. The van der Waals surface area contributed by atoms with Gasteiger partial charge in [-0.15, -0.1) is 12.4 Å². The van der Waals surface area contributed by atoms with Crippen LogP contribution in [-0.2, 0) is 10.9 Å².